The molecule has 0 radical (unpaired) electrons. The molecule has 0 aromatic heterocycles. The molecule has 0 aliphatic carbocycles. The summed E-state index contributed by atoms with van der Waals surface area (Å²) < 4.78 is 5.24. The molecule has 0 heterocycles. The Morgan fingerprint density at radius 3 is 1.26 bits per heavy atom. The number of aromatic hydroxyl groups is 2. The Morgan fingerprint density at radius 2 is 0.905 bits per heavy atom. The molecular weight excluding hydrogens is 520 g/mol. The number of unbranched alkanes of at least 4 members (excludes halogenated alkanes) is 26. The van der Waals surface area contributed by atoms with Crippen molar-refractivity contribution in [1.29, 1.82) is 0 Å². The van der Waals surface area contributed by atoms with Crippen molar-refractivity contribution in [2.24, 2.45) is 0 Å². The summed E-state index contributed by atoms with van der Waals surface area (Å²) in [5, 5.41) is 18.8. The van der Waals surface area contributed by atoms with Crippen LogP contribution in [0.4, 0.5) is 0 Å². The van der Waals surface area contributed by atoms with Crippen LogP contribution in [0.1, 0.15) is 186 Å². The first-order valence-corrected chi connectivity index (χ1v) is 18.0. The summed E-state index contributed by atoms with van der Waals surface area (Å²) in [5.74, 6) is -0.755. The summed E-state index contributed by atoms with van der Waals surface area (Å²) in [5.41, 5.74) is 0.637. The average molecular weight is 587 g/mol. The molecule has 1 rings (SSSR count). The minimum atomic E-state index is -0.377. The molecule has 242 valence electrons. The number of ether oxygens (including phenoxy) is 1. The largest absolute Gasteiger partial charge is 0.504 e. The minimum absolute atomic E-state index is 0.175. The first kappa shape index (κ1) is 38.1. The van der Waals surface area contributed by atoms with Crippen molar-refractivity contribution < 1.29 is 19.7 Å². The number of hydrogen-bond donors (Lipinski definition) is 2. The second-order valence-corrected chi connectivity index (χ2v) is 12.4. The third-order valence-corrected chi connectivity index (χ3v) is 8.40. The number of phenolic OH excluding ortho intramolecular Hbond substituents is 2. The van der Waals surface area contributed by atoms with E-state index in [1.54, 1.807) is 12.1 Å². The highest BCUT2D eigenvalue weighted by Crippen LogP contribution is 2.25. The fourth-order valence-electron chi connectivity index (χ4n) is 5.62. The van der Waals surface area contributed by atoms with Crippen LogP contribution in [0.5, 0.6) is 11.5 Å². The summed E-state index contributed by atoms with van der Waals surface area (Å²) in [7, 11) is 0. The number of hydrogen-bond acceptors (Lipinski definition) is 4. The molecule has 4 nitrogen and oxygen atoms in total. The van der Waals surface area contributed by atoms with Crippen molar-refractivity contribution in [3.63, 3.8) is 0 Å². The maximum atomic E-state index is 11.8. The van der Waals surface area contributed by atoms with E-state index in [-0.39, 0.29) is 17.5 Å². The third kappa shape index (κ3) is 24.6. The standard InChI is InChI=1S/C38H66O4/c1-2-3-4-5-6-7-8-9-10-11-12-13-14-15-16-17-18-19-20-21-22-23-24-25-26-27-28-33-42-38(41)32-30-35-29-31-36(39)37(40)34-35/h29-32,34,39-40H,2-28,33H2,1H3/b32-30+. The van der Waals surface area contributed by atoms with Crippen LogP contribution in [0.3, 0.4) is 0 Å². The topological polar surface area (TPSA) is 66.8 Å². The van der Waals surface area contributed by atoms with Crippen molar-refractivity contribution >= 4 is 12.0 Å². The van der Waals surface area contributed by atoms with Gasteiger partial charge in [-0.2, -0.15) is 0 Å². The zero-order valence-corrected chi connectivity index (χ0v) is 27.4. The number of phenols is 2. The van der Waals surface area contributed by atoms with E-state index in [0.29, 0.717) is 12.2 Å². The fraction of sp³-hybridized carbons (Fsp3) is 0.763. The van der Waals surface area contributed by atoms with Crippen LogP contribution < -0.4 is 0 Å². The van der Waals surface area contributed by atoms with Gasteiger partial charge >= 0.3 is 5.97 Å². The fourth-order valence-corrected chi connectivity index (χ4v) is 5.62. The quantitative estimate of drug-likeness (QED) is 0.0407. The highest BCUT2D eigenvalue weighted by molar-refractivity contribution is 5.87. The molecule has 0 aliphatic heterocycles. The molecule has 0 saturated carbocycles. The molecule has 0 saturated heterocycles. The smallest absolute Gasteiger partial charge is 0.330 e. The molecule has 1 aromatic carbocycles. The van der Waals surface area contributed by atoms with Crippen molar-refractivity contribution in [3.8, 4) is 11.5 Å². The SMILES string of the molecule is CCCCCCCCCCCCCCCCCCCCCCCCCCCCCOC(=O)/C=C/c1ccc(O)c(O)c1. The van der Waals surface area contributed by atoms with Crippen LogP contribution in [0.15, 0.2) is 24.3 Å². The average Bonchev–Trinajstić information content (AvgIpc) is 2.99. The summed E-state index contributed by atoms with van der Waals surface area (Å²) >= 11 is 0. The molecular formula is C38H66O4. The van der Waals surface area contributed by atoms with Gasteiger partial charge in [0.2, 0.25) is 0 Å². The van der Waals surface area contributed by atoms with E-state index in [9.17, 15) is 15.0 Å². The molecule has 1 aromatic rings. The van der Waals surface area contributed by atoms with E-state index in [4.69, 9.17) is 4.74 Å². The molecule has 42 heavy (non-hydrogen) atoms. The van der Waals surface area contributed by atoms with Crippen LogP contribution in [0, 0.1) is 0 Å². The maximum absolute atomic E-state index is 11.8. The summed E-state index contributed by atoms with van der Waals surface area (Å²) in [6.07, 6.45) is 40.3. The second kappa shape index (κ2) is 29.1. The molecule has 0 atom stereocenters. The first-order valence-electron chi connectivity index (χ1n) is 18.0. The Balaban J connectivity index is 1.72. The van der Waals surface area contributed by atoms with Gasteiger partial charge in [-0.25, -0.2) is 4.79 Å². The molecule has 0 amide bonds. The van der Waals surface area contributed by atoms with Crippen molar-refractivity contribution in [1.82, 2.24) is 0 Å². The van der Waals surface area contributed by atoms with Crippen LogP contribution >= 0.6 is 0 Å². The second-order valence-electron chi connectivity index (χ2n) is 12.4. The monoisotopic (exact) mass is 586 g/mol. The Kier molecular flexibility index (Phi) is 26.4. The number of esters is 1. The molecule has 2 N–H and O–H groups in total. The molecule has 4 heteroatoms. The third-order valence-electron chi connectivity index (χ3n) is 8.40. The predicted octanol–water partition coefficient (Wildman–Crippen LogP) is 12.2. The molecule has 0 bridgehead atoms. The molecule has 0 fully saturated rings. The highest BCUT2D eigenvalue weighted by Gasteiger charge is 2.01. The normalized spacial score (nSPS) is 11.5. The molecule has 0 spiro atoms. The van der Waals surface area contributed by atoms with E-state index in [0.717, 1.165) is 12.8 Å². The lowest BCUT2D eigenvalue weighted by Gasteiger charge is -2.05. The van der Waals surface area contributed by atoms with Gasteiger partial charge in [0.1, 0.15) is 0 Å². The van der Waals surface area contributed by atoms with Crippen molar-refractivity contribution in [2.45, 2.75) is 180 Å². The van der Waals surface area contributed by atoms with E-state index in [1.807, 2.05) is 0 Å². The van der Waals surface area contributed by atoms with Gasteiger partial charge < -0.3 is 14.9 Å². The zero-order valence-electron chi connectivity index (χ0n) is 27.4. The maximum Gasteiger partial charge on any atom is 0.330 e. The van der Waals surface area contributed by atoms with Gasteiger partial charge in [-0.15, -0.1) is 0 Å². The Labute approximate surface area is 259 Å². The summed E-state index contributed by atoms with van der Waals surface area (Å²) in [6, 6.07) is 4.42. The number of carbonyl (C=O) groups is 1. The van der Waals surface area contributed by atoms with Gasteiger partial charge in [-0.05, 0) is 30.2 Å². The first-order chi connectivity index (χ1) is 20.6. The number of carbonyl (C=O) groups excluding carboxylic acids is 1. The van der Waals surface area contributed by atoms with Crippen LogP contribution in [-0.4, -0.2) is 22.8 Å². The minimum Gasteiger partial charge on any atom is -0.504 e. The van der Waals surface area contributed by atoms with Gasteiger partial charge in [-0.3, -0.25) is 0 Å². The number of rotatable bonds is 30. The summed E-state index contributed by atoms with van der Waals surface area (Å²) in [4.78, 5) is 11.8. The zero-order chi connectivity index (χ0) is 30.4. The summed E-state index contributed by atoms with van der Waals surface area (Å²) in [6.45, 7) is 2.74. The molecule has 0 unspecified atom stereocenters. The van der Waals surface area contributed by atoms with Gasteiger partial charge in [0.05, 0.1) is 6.61 Å². The highest BCUT2D eigenvalue weighted by atomic mass is 16.5. The lowest BCUT2D eigenvalue weighted by molar-refractivity contribution is -0.137. The predicted molar refractivity (Wildman–Crippen MR) is 180 cm³/mol. The van der Waals surface area contributed by atoms with Crippen molar-refractivity contribution in [2.75, 3.05) is 6.61 Å². The van der Waals surface area contributed by atoms with E-state index >= 15 is 0 Å². The number of benzene rings is 1. The van der Waals surface area contributed by atoms with Crippen LogP contribution in [-0.2, 0) is 9.53 Å². The van der Waals surface area contributed by atoms with Crippen LogP contribution in [0.2, 0.25) is 0 Å². The molecule has 0 aliphatic rings. The van der Waals surface area contributed by atoms with E-state index < -0.39 is 0 Å². The van der Waals surface area contributed by atoms with E-state index in [1.165, 1.54) is 179 Å². The van der Waals surface area contributed by atoms with Crippen LogP contribution in [0.25, 0.3) is 6.08 Å². The van der Waals surface area contributed by atoms with Gasteiger partial charge in [0, 0.05) is 6.08 Å². The van der Waals surface area contributed by atoms with E-state index in [2.05, 4.69) is 6.92 Å². The lowest BCUT2D eigenvalue weighted by atomic mass is 10.0. The Bertz CT molecular complexity index is 772. The van der Waals surface area contributed by atoms with Gasteiger partial charge in [-0.1, -0.05) is 180 Å². The lowest BCUT2D eigenvalue weighted by Crippen LogP contribution is -2.02. The van der Waals surface area contributed by atoms with Gasteiger partial charge in [0.15, 0.2) is 11.5 Å². The Hall–Kier alpha value is -1.97. The Morgan fingerprint density at radius 1 is 0.548 bits per heavy atom. The van der Waals surface area contributed by atoms with Crippen molar-refractivity contribution in [3.05, 3.63) is 29.8 Å². The van der Waals surface area contributed by atoms with Gasteiger partial charge in [0.25, 0.3) is 0 Å².